The minimum Gasteiger partial charge on any atom is -0.508 e. The number of hydrogen-bond donors (Lipinski definition) is 3. The largest absolute Gasteiger partial charge is 0.508 e. The average molecular weight is 450 g/mol. The number of aromatic hydroxyl groups is 1. The number of carboxylic acid groups (broad SMARTS) is 1. The van der Waals surface area contributed by atoms with E-state index < -0.39 is 5.97 Å². The van der Waals surface area contributed by atoms with E-state index >= 15 is 0 Å². The van der Waals surface area contributed by atoms with Crippen molar-refractivity contribution in [1.29, 1.82) is 0 Å². The molecule has 1 amide bonds. The third kappa shape index (κ3) is 8.26. The van der Waals surface area contributed by atoms with E-state index in [1.54, 1.807) is 6.07 Å². The topological polar surface area (TPSA) is 86.6 Å². The Balaban J connectivity index is 1.97. The van der Waals surface area contributed by atoms with Crippen molar-refractivity contribution in [3.63, 3.8) is 0 Å². The Labute approximate surface area is 196 Å². The van der Waals surface area contributed by atoms with E-state index in [4.69, 9.17) is 5.11 Å². The second kappa shape index (κ2) is 11.5. The molecule has 0 unspecified atom stereocenters. The van der Waals surface area contributed by atoms with Crippen molar-refractivity contribution in [2.24, 2.45) is 5.41 Å². The molecule has 2 rings (SSSR count). The summed E-state index contributed by atoms with van der Waals surface area (Å²) < 4.78 is 0. The molecule has 1 aromatic carbocycles. The molecule has 0 saturated heterocycles. The van der Waals surface area contributed by atoms with Crippen molar-refractivity contribution in [3.8, 4) is 5.75 Å². The third-order valence-electron chi connectivity index (χ3n) is 5.83. The minimum atomic E-state index is -1.03. The van der Waals surface area contributed by atoms with Gasteiger partial charge in [0.05, 0.1) is 6.42 Å². The summed E-state index contributed by atoms with van der Waals surface area (Å²) in [5.41, 5.74) is 5.72. The van der Waals surface area contributed by atoms with Crippen molar-refractivity contribution in [1.82, 2.24) is 0 Å². The van der Waals surface area contributed by atoms with E-state index in [0.29, 0.717) is 11.3 Å². The molecule has 0 saturated carbocycles. The fourth-order valence-electron chi connectivity index (χ4n) is 4.02. The Kier molecular flexibility index (Phi) is 9.03. The first-order valence-electron chi connectivity index (χ1n) is 11.2. The monoisotopic (exact) mass is 449 g/mol. The number of amides is 1. The summed E-state index contributed by atoms with van der Waals surface area (Å²) in [6.45, 7) is 10.7. The van der Waals surface area contributed by atoms with E-state index in [0.717, 1.165) is 11.1 Å². The molecule has 0 atom stereocenters. The third-order valence-corrected chi connectivity index (χ3v) is 5.83. The van der Waals surface area contributed by atoms with E-state index in [1.165, 1.54) is 48.6 Å². The zero-order valence-corrected chi connectivity index (χ0v) is 20.2. The van der Waals surface area contributed by atoms with Gasteiger partial charge in [0.1, 0.15) is 5.75 Å². The normalized spacial score (nSPS) is 17.1. The number of rotatable bonds is 8. The first-order chi connectivity index (χ1) is 15.5. The molecule has 0 spiro atoms. The minimum absolute atomic E-state index is 0.160. The van der Waals surface area contributed by atoms with Crippen molar-refractivity contribution < 1.29 is 19.8 Å². The Morgan fingerprint density at radius 2 is 1.88 bits per heavy atom. The van der Waals surface area contributed by atoms with Crippen molar-refractivity contribution in [2.45, 2.75) is 60.3 Å². The second-order valence-electron chi connectivity index (χ2n) is 9.33. The summed E-state index contributed by atoms with van der Waals surface area (Å²) >= 11 is 0. The zero-order chi connectivity index (χ0) is 24.6. The highest BCUT2D eigenvalue weighted by Gasteiger charge is 2.26. The highest BCUT2D eigenvalue weighted by Crippen LogP contribution is 2.40. The summed E-state index contributed by atoms with van der Waals surface area (Å²) in [5.74, 6) is -1.52. The van der Waals surface area contributed by atoms with Gasteiger partial charge in [0.2, 0.25) is 5.91 Å². The first kappa shape index (κ1) is 25.9. The van der Waals surface area contributed by atoms with Crippen LogP contribution in [-0.2, 0) is 16.0 Å². The first-order valence-corrected chi connectivity index (χ1v) is 11.2. The van der Waals surface area contributed by atoms with Gasteiger partial charge in [-0.25, -0.2) is 0 Å². The van der Waals surface area contributed by atoms with Crippen LogP contribution in [0, 0.1) is 5.41 Å². The molecule has 5 nitrogen and oxygen atoms in total. The number of carbonyl (C=O) groups is 2. The van der Waals surface area contributed by atoms with E-state index in [9.17, 15) is 14.7 Å². The molecular weight excluding hydrogens is 414 g/mol. The van der Waals surface area contributed by atoms with Crippen molar-refractivity contribution in [3.05, 3.63) is 82.5 Å². The van der Waals surface area contributed by atoms with Crippen LogP contribution in [0.15, 0.2) is 76.9 Å². The molecule has 33 heavy (non-hydrogen) atoms. The molecule has 0 bridgehead atoms. The fraction of sp³-hybridized carbons (Fsp3) is 0.357. The number of benzene rings is 1. The second-order valence-corrected chi connectivity index (χ2v) is 9.33. The van der Waals surface area contributed by atoms with Gasteiger partial charge in [0, 0.05) is 23.4 Å². The number of carbonyl (C=O) groups excluding carboxylic acids is 1. The van der Waals surface area contributed by atoms with Crippen LogP contribution in [0.2, 0.25) is 0 Å². The molecule has 1 aliphatic rings. The lowest BCUT2D eigenvalue weighted by Crippen LogP contribution is -2.19. The number of nitrogens with one attached hydrogen (secondary N) is 1. The number of aliphatic carboxylic acids is 1. The van der Waals surface area contributed by atoms with Crippen LogP contribution >= 0.6 is 0 Å². The summed E-state index contributed by atoms with van der Waals surface area (Å²) in [7, 11) is 0. The van der Waals surface area contributed by atoms with Gasteiger partial charge < -0.3 is 15.5 Å². The van der Waals surface area contributed by atoms with Gasteiger partial charge in [0.25, 0.3) is 0 Å². The number of carboxylic acids is 1. The van der Waals surface area contributed by atoms with Crippen LogP contribution in [0.3, 0.4) is 0 Å². The van der Waals surface area contributed by atoms with Crippen LogP contribution in [0.25, 0.3) is 0 Å². The SMILES string of the molecule is CC1=C(/C=C/C(C)=C\C=C\C(C)=C\C(=O)Nc2ccc(CC(=O)O)c(O)c2)C(C)(C)CCC1. The maximum Gasteiger partial charge on any atom is 0.307 e. The van der Waals surface area contributed by atoms with Gasteiger partial charge in [-0.15, -0.1) is 0 Å². The summed E-state index contributed by atoms with van der Waals surface area (Å²) in [6.07, 6.45) is 15.0. The molecule has 0 radical (unpaired) electrons. The lowest BCUT2D eigenvalue weighted by atomic mass is 9.72. The molecule has 0 aromatic heterocycles. The summed E-state index contributed by atoms with van der Waals surface area (Å²) in [5, 5.41) is 21.4. The molecule has 1 aliphatic carbocycles. The van der Waals surface area contributed by atoms with Crippen molar-refractivity contribution in [2.75, 3.05) is 5.32 Å². The van der Waals surface area contributed by atoms with E-state index in [2.05, 4.69) is 45.2 Å². The molecule has 0 fully saturated rings. The summed E-state index contributed by atoms with van der Waals surface area (Å²) in [6, 6.07) is 4.40. The van der Waals surface area contributed by atoms with Crippen LogP contribution in [0.1, 0.15) is 59.4 Å². The van der Waals surface area contributed by atoms with Gasteiger partial charge >= 0.3 is 5.97 Å². The van der Waals surface area contributed by atoms with Crippen LogP contribution < -0.4 is 5.32 Å². The predicted molar refractivity (Wildman–Crippen MR) is 134 cm³/mol. The molecule has 1 aromatic rings. The van der Waals surface area contributed by atoms with Crippen LogP contribution in [0.5, 0.6) is 5.75 Å². The predicted octanol–water partition coefficient (Wildman–Crippen LogP) is 6.49. The quantitative estimate of drug-likeness (QED) is 0.313. The number of hydrogen-bond acceptors (Lipinski definition) is 3. The Bertz CT molecular complexity index is 1050. The average Bonchev–Trinajstić information content (AvgIpc) is 2.68. The Hall–Kier alpha value is -3.34. The van der Waals surface area contributed by atoms with Crippen molar-refractivity contribution >= 4 is 17.6 Å². The molecule has 3 N–H and O–H groups in total. The molecule has 176 valence electrons. The van der Waals surface area contributed by atoms with Crippen LogP contribution in [0.4, 0.5) is 5.69 Å². The Morgan fingerprint density at radius 3 is 2.52 bits per heavy atom. The standard InChI is InChI=1S/C28H35NO4/c1-19(11-14-24-21(3)10-7-15-28(24,4)5)8-6-9-20(2)16-26(31)29-23-13-12-22(17-27(32)33)25(30)18-23/h6,8-9,11-14,16,18,30H,7,10,15,17H2,1-5H3,(H,29,31)(H,32,33)/b9-6+,14-11+,19-8-,20-16+. The number of phenolic OH excluding ortho intramolecular Hbond substituents is 1. The molecule has 0 heterocycles. The highest BCUT2D eigenvalue weighted by atomic mass is 16.4. The van der Waals surface area contributed by atoms with Gasteiger partial charge in [-0.3, -0.25) is 9.59 Å². The van der Waals surface area contributed by atoms with Crippen LogP contribution in [-0.4, -0.2) is 22.1 Å². The smallest absolute Gasteiger partial charge is 0.307 e. The van der Waals surface area contributed by atoms with Gasteiger partial charge in [-0.2, -0.15) is 0 Å². The maximum absolute atomic E-state index is 12.2. The lowest BCUT2D eigenvalue weighted by molar-refractivity contribution is -0.136. The Morgan fingerprint density at radius 1 is 1.15 bits per heavy atom. The van der Waals surface area contributed by atoms with E-state index in [1.807, 2.05) is 25.2 Å². The van der Waals surface area contributed by atoms with Gasteiger partial charge in [-0.05, 0) is 62.7 Å². The van der Waals surface area contributed by atoms with Gasteiger partial charge in [-0.1, -0.05) is 61.4 Å². The maximum atomic E-state index is 12.2. The highest BCUT2D eigenvalue weighted by molar-refractivity contribution is 6.00. The number of anilines is 1. The fourth-order valence-corrected chi connectivity index (χ4v) is 4.02. The lowest BCUT2D eigenvalue weighted by Gasteiger charge is -2.32. The number of phenols is 1. The van der Waals surface area contributed by atoms with E-state index in [-0.39, 0.29) is 23.5 Å². The summed E-state index contributed by atoms with van der Waals surface area (Å²) in [4.78, 5) is 23.0. The zero-order valence-electron chi connectivity index (χ0n) is 20.2. The van der Waals surface area contributed by atoms with Gasteiger partial charge in [0.15, 0.2) is 0 Å². The number of allylic oxidation sites excluding steroid dienone is 9. The molecular formula is C28H35NO4. The molecule has 0 aliphatic heterocycles. The molecule has 5 heteroatoms.